The molecule has 62 valence electrons. The van der Waals surface area contributed by atoms with E-state index in [2.05, 4.69) is 9.97 Å². The van der Waals surface area contributed by atoms with Crippen molar-refractivity contribution in [2.24, 2.45) is 0 Å². The number of nitrogens with one attached hydrogen (secondary N) is 1. The Morgan fingerprint density at radius 3 is 3.00 bits per heavy atom. The van der Waals surface area contributed by atoms with Crippen LogP contribution >= 0.6 is 0 Å². The summed E-state index contributed by atoms with van der Waals surface area (Å²) in [7, 11) is 0. The van der Waals surface area contributed by atoms with Crippen molar-refractivity contribution in [3.8, 4) is 0 Å². The molecule has 0 spiro atoms. The van der Waals surface area contributed by atoms with E-state index in [1.165, 1.54) is 18.6 Å². The van der Waals surface area contributed by atoms with Gasteiger partial charge in [-0.15, -0.1) is 0 Å². The highest BCUT2D eigenvalue weighted by Crippen LogP contribution is 2.26. The van der Waals surface area contributed by atoms with Crippen molar-refractivity contribution >= 4 is 10.9 Å². The Morgan fingerprint density at radius 1 is 1.42 bits per heavy atom. The van der Waals surface area contributed by atoms with Gasteiger partial charge in [0.2, 0.25) is 0 Å². The van der Waals surface area contributed by atoms with Crippen LogP contribution in [0.2, 0.25) is 0 Å². The highest BCUT2D eigenvalue weighted by atomic mass is 19.3. The number of alkyl halides is 2. The predicted octanol–water partition coefficient (Wildman–Crippen LogP) is 2.50. The van der Waals surface area contributed by atoms with E-state index in [0.29, 0.717) is 10.9 Å². The molecular formula is C8H6F2N2. The van der Waals surface area contributed by atoms with Crippen molar-refractivity contribution in [3.05, 3.63) is 30.2 Å². The highest BCUT2D eigenvalue weighted by Gasteiger charge is 2.11. The van der Waals surface area contributed by atoms with Gasteiger partial charge in [-0.2, -0.15) is 0 Å². The molecule has 2 aromatic heterocycles. The van der Waals surface area contributed by atoms with Crippen LogP contribution < -0.4 is 0 Å². The lowest BCUT2D eigenvalue weighted by atomic mass is 10.2. The second-order valence-electron chi connectivity index (χ2n) is 2.47. The van der Waals surface area contributed by atoms with E-state index in [0.717, 1.165) is 0 Å². The summed E-state index contributed by atoms with van der Waals surface area (Å²) < 4.78 is 24.6. The monoisotopic (exact) mass is 168 g/mol. The van der Waals surface area contributed by atoms with Crippen LogP contribution in [0.5, 0.6) is 0 Å². The second kappa shape index (κ2) is 2.55. The van der Waals surface area contributed by atoms with Gasteiger partial charge in [-0.25, -0.2) is 8.78 Å². The standard InChI is InChI=1S/C8H6F2N2/c9-8(10)6-3-12-7-4-11-2-1-5(6)7/h1-4,8,12H. The average molecular weight is 168 g/mol. The fourth-order valence-corrected chi connectivity index (χ4v) is 1.18. The summed E-state index contributed by atoms with van der Waals surface area (Å²) in [6.45, 7) is 0. The van der Waals surface area contributed by atoms with E-state index < -0.39 is 6.43 Å². The first-order valence-corrected chi connectivity index (χ1v) is 3.48. The van der Waals surface area contributed by atoms with Crippen molar-refractivity contribution in [2.75, 3.05) is 0 Å². The lowest BCUT2D eigenvalue weighted by Crippen LogP contribution is -1.79. The molecule has 0 aromatic carbocycles. The van der Waals surface area contributed by atoms with Crippen LogP contribution in [0, 0.1) is 0 Å². The summed E-state index contributed by atoms with van der Waals surface area (Å²) in [5.41, 5.74) is 0.681. The Kier molecular flexibility index (Phi) is 1.53. The van der Waals surface area contributed by atoms with Crippen LogP contribution in [0.25, 0.3) is 10.9 Å². The fourth-order valence-electron chi connectivity index (χ4n) is 1.18. The highest BCUT2D eigenvalue weighted by molar-refractivity contribution is 5.82. The van der Waals surface area contributed by atoms with Crippen LogP contribution in [0.15, 0.2) is 24.7 Å². The maximum absolute atomic E-state index is 12.3. The average Bonchev–Trinajstić information content (AvgIpc) is 2.47. The third-order valence-electron chi connectivity index (χ3n) is 1.75. The van der Waals surface area contributed by atoms with E-state index in [1.54, 1.807) is 6.07 Å². The minimum absolute atomic E-state index is 0.0346. The van der Waals surface area contributed by atoms with Crippen LogP contribution in [0.3, 0.4) is 0 Å². The van der Waals surface area contributed by atoms with Gasteiger partial charge in [0.25, 0.3) is 6.43 Å². The zero-order valence-corrected chi connectivity index (χ0v) is 6.09. The van der Waals surface area contributed by atoms with Crippen LogP contribution in [-0.2, 0) is 0 Å². The van der Waals surface area contributed by atoms with E-state index in [4.69, 9.17) is 0 Å². The summed E-state index contributed by atoms with van der Waals surface area (Å²) in [5, 5.41) is 0.542. The van der Waals surface area contributed by atoms with Crippen molar-refractivity contribution in [1.82, 2.24) is 9.97 Å². The minimum Gasteiger partial charge on any atom is -0.359 e. The van der Waals surface area contributed by atoms with E-state index in [9.17, 15) is 8.78 Å². The van der Waals surface area contributed by atoms with Gasteiger partial charge in [0, 0.05) is 23.3 Å². The number of hydrogen-bond donors (Lipinski definition) is 1. The first-order valence-electron chi connectivity index (χ1n) is 3.48. The van der Waals surface area contributed by atoms with Gasteiger partial charge in [-0.3, -0.25) is 4.98 Å². The molecule has 0 aliphatic carbocycles. The summed E-state index contributed by atoms with van der Waals surface area (Å²) >= 11 is 0. The molecule has 0 aliphatic heterocycles. The van der Waals surface area contributed by atoms with Crippen LogP contribution in [0.4, 0.5) is 8.78 Å². The molecule has 2 heterocycles. The molecule has 4 heteroatoms. The quantitative estimate of drug-likeness (QED) is 0.696. The molecule has 0 aliphatic rings. The topological polar surface area (TPSA) is 28.7 Å². The van der Waals surface area contributed by atoms with E-state index in [1.807, 2.05) is 0 Å². The number of nitrogens with zero attached hydrogens (tertiary/aromatic N) is 1. The third kappa shape index (κ3) is 0.958. The van der Waals surface area contributed by atoms with Gasteiger partial charge >= 0.3 is 0 Å². The summed E-state index contributed by atoms with van der Waals surface area (Å²) in [5.74, 6) is 0. The summed E-state index contributed by atoms with van der Waals surface area (Å²) in [4.78, 5) is 6.54. The van der Waals surface area contributed by atoms with E-state index >= 15 is 0 Å². The molecule has 0 unspecified atom stereocenters. The van der Waals surface area contributed by atoms with Gasteiger partial charge < -0.3 is 4.98 Å². The molecule has 0 radical (unpaired) electrons. The van der Waals surface area contributed by atoms with Crippen molar-refractivity contribution < 1.29 is 8.78 Å². The molecule has 1 N–H and O–H groups in total. The second-order valence-corrected chi connectivity index (χ2v) is 2.47. The molecule has 0 saturated heterocycles. The number of hydrogen-bond acceptors (Lipinski definition) is 1. The Bertz CT molecular complexity index is 395. The number of halogens is 2. The van der Waals surface area contributed by atoms with Crippen molar-refractivity contribution in [3.63, 3.8) is 0 Å². The molecule has 0 saturated carbocycles. The Labute approximate surface area is 67.2 Å². The molecule has 2 aromatic rings. The molecule has 0 amide bonds. The molecule has 2 nitrogen and oxygen atoms in total. The number of fused-ring (bicyclic) bond motifs is 1. The number of pyridine rings is 1. The Balaban J connectivity index is 2.70. The van der Waals surface area contributed by atoms with Gasteiger partial charge in [-0.05, 0) is 6.07 Å². The molecular weight excluding hydrogens is 162 g/mol. The first kappa shape index (κ1) is 7.21. The van der Waals surface area contributed by atoms with Gasteiger partial charge in [0.15, 0.2) is 0 Å². The van der Waals surface area contributed by atoms with Gasteiger partial charge in [0.05, 0.1) is 11.7 Å². The predicted molar refractivity (Wildman–Crippen MR) is 41.1 cm³/mol. The number of H-pyrrole nitrogens is 1. The zero-order chi connectivity index (χ0) is 8.55. The van der Waals surface area contributed by atoms with Gasteiger partial charge in [-0.1, -0.05) is 0 Å². The summed E-state index contributed by atoms with van der Waals surface area (Å²) in [6, 6.07) is 1.58. The minimum atomic E-state index is -2.43. The van der Waals surface area contributed by atoms with Crippen molar-refractivity contribution in [2.45, 2.75) is 6.43 Å². The lowest BCUT2D eigenvalue weighted by molar-refractivity contribution is 0.153. The maximum Gasteiger partial charge on any atom is 0.265 e. The number of rotatable bonds is 1. The maximum atomic E-state index is 12.3. The zero-order valence-electron chi connectivity index (χ0n) is 6.09. The Hall–Kier alpha value is -1.45. The Morgan fingerprint density at radius 2 is 2.25 bits per heavy atom. The normalized spacial score (nSPS) is 11.2. The third-order valence-corrected chi connectivity index (χ3v) is 1.75. The SMILES string of the molecule is FC(F)c1c[nH]c2cnccc12. The lowest BCUT2D eigenvalue weighted by Gasteiger charge is -1.93. The van der Waals surface area contributed by atoms with Gasteiger partial charge in [0.1, 0.15) is 0 Å². The van der Waals surface area contributed by atoms with Crippen LogP contribution in [-0.4, -0.2) is 9.97 Å². The fraction of sp³-hybridized carbons (Fsp3) is 0.125. The largest absolute Gasteiger partial charge is 0.359 e. The molecule has 2 rings (SSSR count). The molecule has 0 bridgehead atoms. The first-order chi connectivity index (χ1) is 5.79. The number of aromatic nitrogens is 2. The van der Waals surface area contributed by atoms with Crippen LogP contribution in [0.1, 0.15) is 12.0 Å². The number of aromatic amines is 1. The molecule has 0 fully saturated rings. The summed E-state index contributed by atoms with van der Waals surface area (Å²) in [6.07, 6.45) is 1.92. The van der Waals surface area contributed by atoms with E-state index in [-0.39, 0.29) is 5.56 Å². The molecule has 0 atom stereocenters. The van der Waals surface area contributed by atoms with Crippen molar-refractivity contribution in [1.29, 1.82) is 0 Å². The smallest absolute Gasteiger partial charge is 0.265 e. The molecule has 12 heavy (non-hydrogen) atoms.